The van der Waals surface area contributed by atoms with Crippen molar-refractivity contribution >= 4 is 17.6 Å². The van der Waals surface area contributed by atoms with Crippen molar-refractivity contribution in [3.05, 3.63) is 0 Å². The van der Waals surface area contributed by atoms with E-state index in [1.54, 1.807) is 6.92 Å². The average Bonchev–Trinajstić information content (AvgIpc) is 2.43. The van der Waals surface area contributed by atoms with Gasteiger partial charge in [0.05, 0.1) is 12.5 Å². The van der Waals surface area contributed by atoms with Gasteiger partial charge in [-0.15, -0.1) is 0 Å². The summed E-state index contributed by atoms with van der Waals surface area (Å²) in [5.74, 6) is -0.598. The summed E-state index contributed by atoms with van der Waals surface area (Å²) in [6.07, 6.45) is 0.206. The van der Waals surface area contributed by atoms with Gasteiger partial charge in [-0.2, -0.15) is 0 Å². The summed E-state index contributed by atoms with van der Waals surface area (Å²) in [7, 11) is 0. The van der Waals surface area contributed by atoms with Crippen molar-refractivity contribution in [2.24, 2.45) is 17.8 Å². The Morgan fingerprint density at radius 1 is 1.00 bits per heavy atom. The first-order valence-corrected chi connectivity index (χ1v) is 8.80. The molecule has 0 bridgehead atoms. The second kappa shape index (κ2) is 11.2. The van der Waals surface area contributed by atoms with Crippen molar-refractivity contribution in [3.8, 4) is 0 Å². The van der Waals surface area contributed by atoms with Gasteiger partial charge in [-0.25, -0.2) is 0 Å². The first-order chi connectivity index (χ1) is 11.0. The Labute approximate surface area is 145 Å². The molecule has 3 atom stereocenters. The normalized spacial score (nSPS) is 15.0. The quantitative estimate of drug-likeness (QED) is 0.532. The number of ketones is 1. The van der Waals surface area contributed by atoms with E-state index in [9.17, 15) is 19.5 Å². The van der Waals surface area contributed by atoms with E-state index in [0.717, 1.165) is 6.42 Å². The number of hydrogen-bond donors (Lipinski definition) is 3. The third-order valence-corrected chi connectivity index (χ3v) is 3.90. The second-order valence-corrected chi connectivity index (χ2v) is 7.38. The lowest BCUT2D eigenvalue weighted by Crippen LogP contribution is -2.46. The van der Waals surface area contributed by atoms with E-state index in [1.807, 2.05) is 13.8 Å². The number of nitrogens with one attached hydrogen (secondary N) is 2. The molecule has 0 rings (SSSR count). The third-order valence-electron chi connectivity index (χ3n) is 3.90. The maximum atomic E-state index is 12.0. The van der Waals surface area contributed by atoms with E-state index in [4.69, 9.17) is 0 Å². The van der Waals surface area contributed by atoms with E-state index in [-0.39, 0.29) is 24.0 Å². The van der Waals surface area contributed by atoms with Crippen LogP contribution in [0.3, 0.4) is 0 Å². The van der Waals surface area contributed by atoms with E-state index < -0.39 is 24.0 Å². The molecule has 0 aromatic carbocycles. The highest BCUT2D eigenvalue weighted by molar-refractivity contribution is 5.87. The van der Waals surface area contributed by atoms with Crippen LogP contribution in [-0.2, 0) is 14.4 Å². The topological polar surface area (TPSA) is 95.5 Å². The van der Waals surface area contributed by atoms with E-state index in [0.29, 0.717) is 18.9 Å². The van der Waals surface area contributed by atoms with Gasteiger partial charge in [-0.1, -0.05) is 27.7 Å². The van der Waals surface area contributed by atoms with Crippen LogP contribution in [0.25, 0.3) is 0 Å². The minimum absolute atomic E-state index is 0.122. The molecule has 0 heterocycles. The van der Waals surface area contributed by atoms with Gasteiger partial charge in [0.1, 0.15) is 11.8 Å². The highest BCUT2D eigenvalue weighted by atomic mass is 16.3. The maximum absolute atomic E-state index is 12.0. The highest BCUT2D eigenvalue weighted by Gasteiger charge is 2.27. The van der Waals surface area contributed by atoms with Crippen LogP contribution >= 0.6 is 0 Å². The number of rotatable bonds is 11. The number of amides is 2. The largest absolute Gasteiger partial charge is 0.392 e. The zero-order valence-corrected chi connectivity index (χ0v) is 15.9. The van der Waals surface area contributed by atoms with Crippen LogP contribution in [0.4, 0.5) is 0 Å². The van der Waals surface area contributed by atoms with Gasteiger partial charge in [0.15, 0.2) is 0 Å². The summed E-state index contributed by atoms with van der Waals surface area (Å²) in [5, 5.41) is 15.5. The Morgan fingerprint density at radius 2 is 1.58 bits per heavy atom. The summed E-state index contributed by atoms with van der Waals surface area (Å²) >= 11 is 0. The number of aliphatic hydroxyl groups excluding tert-OH is 1. The van der Waals surface area contributed by atoms with E-state index >= 15 is 0 Å². The van der Waals surface area contributed by atoms with Crippen molar-refractivity contribution in [2.45, 2.75) is 73.0 Å². The van der Waals surface area contributed by atoms with E-state index in [1.165, 1.54) is 6.92 Å². The SMILES string of the molecule is CC(=O)C(CC(C)C)[C@@H](O)CC(=O)N[C@H](C)C(=O)NCCC(C)C. The molecule has 0 radical (unpaired) electrons. The second-order valence-electron chi connectivity index (χ2n) is 7.38. The fourth-order valence-electron chi connectivity index (χ4n) is 2.44. The lowest BCUT2D eigenvalue weighted by molar-refractivity contribution is -0.132. The molecule has 140 valence electrons. The van der Waals surface area contributed by atoms with Gasteiger partial charge in [-0.05, 0) is 38.5 Å². The first kappa shape index (κ1) is 22.6. The van der Waals surface area contributed by atoms with Crippen LogP contribution in [0.2, 0.25) is 0 Å². The monoisotopic (exact) mass is 342 g/mol. The summed E-state index contributed by atoms with van der Waals surface area (Å²) in [6, 6.07) is -0.669. The lowest BCUT2D eigenvalue weighted by atomic mass is 9.87. The van der Waals surface area contributed by atoms with Crippen molar-refractivity contribution in [3.63, 3.8) is 0 Å². The number of Topliss-reactive ketones (excluding diaryl/α,β-unsaturated/α-hetero) is 1. The Morgan fingerprint density at radius 3 is 2.04 bits per heavy atom. The molecule has 0 aliphatic carbocycles. The van der Waals surface area contributed by atoms with Crippen molar-refractivity contribution in [2.75, 3.05) is 6.54 Å². The molecule has 0 aliphatic rings. The van der Waals surface area contributed by atoms with Gasteiger partial charge < -0.3 is 15.7 Å². The van der Waals surface area contributed by atoms with Crippen LogP contribution in [0.15, 0.2) is 0 Å². The Hall–Kier alpha value is -1.43. The molecule has 3 N–H and O–H groups in total. The summed E-state index contributed by atoms with van der Waals surface area (Å²) in [5.41, 5.74) is 0. The molecule has 0 saturated heterocycles. The Balaban J connectivity index is 4.39. The lowest BCUT2D eigenvalue weighted by Gasteiger charge is -2.22. The highest BCUT2D eigenvalue weighted by Crippen LogP contribution is 2.19. The van der Waals surface area contributed by atoms with Gasteiger partial charge in [0, 0.05) is 12.5 Å². The molecular weight excluding hydrogens is 308 g/mol. The minimum atomic E-state index is -1.03. The molecule has 1 unspecified atom stereocenters. The molecule has 0 aliphatic heterocycles. The Kier molecular flexibility index (Phi) is 10.5. The van der Waals surface area contributed by atoms with Crippen LogP contribution < -0.4 is 10.6 Å². The number of hydrogen-bond acceptors (Lipinski definition) is 4. The molecule has 0 spiro atoms. The summed E-state index contributed by atoms with van der Waals surface area (Å²) < 4.78 is 0. The predicted octanol–water partition coefficient (Wildman–Crippen LogP) is 1.66. The minimum Gasteiger partial charge on any atom is -0.392 e. The standard InChI is InChI=1S/C18H34N2O4/c1-11(2)7-8-19-18(24)13(5)20-17(23)10-16(22)15(14(6)21)9-12(3)4/h11-13,15-16,22H,7-10H2,1-6H3,(H,19,24)(H,20,23)/t13-,15?,16+/m1/s1. The Bertz CT molecular complexity index is 421. The molecule has 0 aromatic heterocycles. The third kappa shape index (κ3) is 9.65. The molecule has 2 amide bonds. The van der Waals surface area contributed by atoms with Crippen LogP contribution in [-0.4, -0.2) is 41.4 Å². The molecule has 24 heavy (non-hydrogen) atoms. The molecule has 6 nitrogen and oxygen atoms in total. The predicted molar refractivity (Wildman–Crippen MR) is 94.3 cm³/mol. The van der Waals surface area contributed by atoms with Crippen LogP contribution in [0, 0.1) is 17.8 Å². The maximum Gasteiger partial charge on any atom is 0.242 e. The zero-order valence-electron chi connectivity index (χ0n) is 15.9. The van der Waals surface area contributed by atoms with Crippen LogP contribution in [0.5, 0.6) is 0 Å². The van der Waals surface area contributed by atoms with Crippen molar-refractivity contribution in [1.82, 2.24) is 10.6 Å². The molecule has 0 aromatic rings. The molecule has 6 heteroatoms. The van der Waals surface area contributed by atoms with Gasteiger partial charge >= 0.3 is 0 Å². The van der Waals surface area contributed by atoms with Crippen LogP contribution in [0.1, 0.15) is 60.8 Å². The fraction of sp³-hybridized carbons (Fsp3) is 0.833. The number of carbonyl (C=O) groups excluding carboxylic acids is 3. The molecule has 0 saturated carbocycles. The van der Waals surface area contributed by atoms with Gasteiger partial charge in [-0.3, -0.25) is 14.4 Å². The summed E-state index contributed by atoms with van der Waals surface area (Å²) in [6.45, 7) is 11.7. The number of carbonyl (C=O) groups is 3. The smallest absolute Gasteiger partial charge is 0.242 e. The van der Waals surface area contributed by atoms with Crippen molar-refractivity contribution in [1.29, 1.82) is 0 Å². The summed E-state index contributed by atoms with van der Waals surface area (Å²) in [4.78, 5) is 35.5. The number of aliphatic hydroxyl groups is 1. The van der Waals surface area contributed by atoms with Gasteiger partial charge in [0.2, 0.25) is 11.8 Å². The first-order valence-electron chi connectivity index (χ1n) is 8.80. The average molecular weight is 342 g/mol. The van der Waals surface area contributed by atoms with E-state index in [2.05, 4.69) is 24.5 Å². The zero-order chi connectivity index (χ0) is 18.9. The molecular formula is C18H34N2O4. The fourth-order valence-corrected chi connectivity index (χ4v) is 2.44. The molecule has 0 fully saturated rings. The van der Waals surface area contributed by atoms with Gasteiger partial charge in [0.25, 0.3) is 0 Å². The van der Waals surface area contributed by atoms with Crippen molar-refractivity contribution < 1.29 is 19.5 Å².